The van der Waals surface area contributed by atoms with E-state index < -0.39 is 0 Å². The standard InChI is InChI=1S/C23H22N4O4/c28-21-16-5-1-2-6-17(16)22(29)27(21)15-20-24-19-8-4-3-7-18(19)23(30)26(20)10-9-25-11-13-31-14-12-25/h1-8H,9-15H2/p+1. The number of amides is 2. The quantitative estimate of drug-likeness (QED) is 0.594. The molecule has 2 aliphatic rings. The van der Waals surface area contributed by atoms with E-state index in [2.05, 4.69) is 4.98 Å². The fraction of sp³-hybridized carbons (Fsp3) is 0.304. The van der Waals surface area contributed by atoms with Crippen LogP contribution in [-0.2, 0) is 17.8 Å². The van der Waals surface area contributed by atoms with Gasteiger partial charge in [-0.15, -0.1) is 0 Å². The normalized spacial score (nSPS) is 16.8. The summed E-state index contributed by atoms with van der Waals surface area (Å²) in [5.41, 5.74) is 1.19. The minimum absolute atomic E-state index is 0.0368. The molecule has 8 nitrogen and oxygen atoms in total. The number of para-hydroxylation sites is 1. The lowest BCUT2D eigenvalue weighted by Gasteiger charge is -2.25. The SMILES string of the molecule is O=C1c2ccccc2C(=O)N1Cc1nc2ccccc2c(=O)n1CC[NH+]1CCOCC1. The molecule has 1 saturated heterocycles. The van der Waals surface area contributed by atoms with Crippen molar-refractivity contribution < 1.29 is 19.2 Å². The van der Waals surface area contributed by atoms with Gasteiger partial charge in [0.1, 0.15) is 18.9 Å². The first kappa shape index (κ1) is 19.6. The van der Waals surface area contributed by atoms with Crippen molar-refractivity contribution in [3.63, 3.8) is 0 Å². The lowest BCUT2D eigenvalue weighted by atomic mass is 10.1. The summed E-state index contributed by atoms with van der Waals surface area (Å²) in [5.74, 6) is -0.285. The third kappa shape index (κ3) is 3.54. The van der Waals surface area contributed by atoms with Crippen LogP contribution in [0.25, 0.3) is 10.9 Å². The van der Waals surface area contributed by atoms with Gasteiger partial charge in [0.15, 0.2) is 0 Å². The number of carbonyl (C=O) groups excluding carboxylic acids is 2. The van der Waals surface area contributed by atoms with Gasteiger partial charge in [-0.25, -0.2) is 4.98 Å². The van der Waals surface area contributed by atoms with Crippen LogP contribution in [0.5, 0.6) is 0 Å². The maximum absolute atomic E-state index is 13.3. The number of morpholine rings is 1. The highest BCUT2D eigenvalue weighted by atomic mass is 16.5. The fourth-order valence-corrected chi connectivity index (χ4v) is 4.27. The number of hydrogen-bond acceptors (Lipinski definition) is 5. The Morgan fingerprint density at radius 3 is 2.26 bits per heavy atom. The number of carbonyl (C=O) groups is 2. The molecule has 3 heterocycles. The number of aromatic nitrogens is 2. The maximum Gasteiger partial charge on any atom is 0.261 e. The monoisotopic (exact) mass is 419 g/mol. The highest BCUT2D eigenvalue weighted by Crippen LogP contribution is 2.24. The van der Waals surface area contributed by atoms with Crippen molar-refractivity contribution in [1.29, 1.82) is 0 Å². The largest absolute Gasteiger partial charge is 0.370 e. The molecule has 5 rings (SSSR count). The summed E-state index contributed by atoms with van der Waals surface area (Å²) in [6.07, 6.45) is 0. The minimum atomic E-state index is -0.353. The molecule has 31 heavy (non-hydrogen) atoms. The van der Waals surface area contributed by atoms with Crippen LogP contribution in [0.2, 0.25) is 0 Å². The molecular formula is C23H23N4O4+. The van der Waals surface area contributed by atoms with E-state index in [0.717, 1.165) is 19.6 Å². The zero-order valence-corrected chi connectivity index (χ0v) is 17.0. The molecule has 2 aromatic carbocycles. The highest BCUT2D eigenvalue weighted by Gasteiger charge is 2.36. The molecule has 2 amide bonds. The number of fused-ring (bicyclic) bond motifs is 2. The molecule has 2 aliphatic heterocycles. The summed E-state index contributed by atoms with van der Waals surface area (Å²) in [7, 11) is 0. The summed E-state index contributed by atoms with van der Waals surface area (Å²) in [6.45, 7) is 4.38. The van der Waals surface area contributed by atoms with E-state index in [-0.39, 0.29) is 23.9 Å². The molecule has 3 aromatic rings. The lowest BCUT2D eigenvalue weighted by Crippen LogP contribution is -3.14. The molecular weight excluding hydrogens is 396 g/mol. The molecule has 1 aromatic heterocycles. The Hall–Kier alpha value is -3.36. The van der Waals surface area contributed by atoms with Crippen molar-refractivity contribution in [3.8, 4) is 0 Å². The summed E-state index contributed by atoms with van der Waals surface area (Å²) in [5, 5.41) is 0.533. The molecule has 0 saturated carbocycles. The number of hydrogen-bond donors (Lipinski definition) is 1. The van der Waals surface area contributed by atoms with Crippen LogP contribution in [-0.4, -0.2) is 59.1 Å². The number of rotatable bonds is 5. The van der Waals surface area contributed by atoms with Gasteiger partial charge in [-0.2, -0.15) is 0 Å². The molecule has 0 radical (unpaired) electrons. The zero-order chi connectivity index (χ0) is 21.4. The average Bonchev–Trinajstić information content (AvgIpc) is 3.05. The number of nitrogens with zero attached hydrogens (tertiary/aromatic N) is 3. The van der Waals surface area contributed by atoms with Gasteiger partial charge in [0.2, 0.25) is 0 Å². The van der Waals surface area contributed by atoms with Crippen LogP contribution in [0.1, 0.15) is 26.5 Å². The Balaban J connectivity index is 1.50. The Morgan fingerprint density at radius 2 is 1.55 bits per heavy atom. The second-order valence-corrected chi connectivity index (χ2v) is 7.86. The predicted molar refractivity (Wildman–Crippen MR) is 113 cm³/mol. The summed E-state index contributed by atoms with van der Waals surface area (Å²) in [6, 6.07) is 14.0. The van der Waals surface area contributed by atoms with Gasteiger partial charge in [0, 0.05) is 0 Å². The average molecular weight is 419 g/mol. The second-order valence-electron chi connectivity index (χ2n) is 7.86. The van der Waals surface area contributed by atoms with Crippen molar-refractivity contribution in [2.45, 2.75) is 13.1 Å². The number of nitrogens with one attached hydrogen (secondary N) is 1. The first-order valence-corrected chi connectivity index (χ1v) is 10.5. The van der Waals surface area contributed by atoms with Gasteiger partial charge >= 0.3 is 0 Å². The molecule has 0 spiro atoms. The van der Waals surface area contributed by atoms with E-state index in [1.165, 1.54) is 9.80 Å². The number of quaternary nitrogens is 1. The Morgan fingerprint density at radius 1 is 0.903 bits per heavy atom. The number of ether oxygens (including phenoxy) is 1. The Bertz CT molecular complexity index is 1190. The summed E-state index contributed by atoms with van der Waals surface area (Å²) in [4.78, 5) is 46.2. The molecule has 1 N–H and O–H groups in total. The van der Waals surface area contributed by atoms with Gasteiger partial charge < -0.3 is 9.64 Å². The molecule has 0 bridgehead atoms. The van der Waals surface area contributed by atoms with E-state index in [1.54, 1.807) is 41.0 Å². The van der Waals surface area contributed by atoms with Crippen LogP contribution < -0.4 is 10.5 Å². The van der Waals surface area contributed by atoms with E-state index >= 15 is 0 Å². The van der Waals surface area contributed by atoms with E-state index in [9.17, 15) is 14.4 Å². The van der Waals surface area contributed by atoms with Crippen molar-refractivity contribution in [2.75, 3.05) is 32.8 Å². The molecule has 0 aliphatic carbocycles. The van der Waals surface area contributed by atoms with Crippen molar-refractivity contribution in [1.82, 2.24) is 14.5 Å². The van der Waals surface area contributed by atoms with Crippen molar-refractivity contribution >= 4 is 22.7 Å². The van der Waals surface area contributed by atoms with Crippen LogP contribution in [0.15, 0.2) is 53.3 Å². The smallest absolute Gasteiger partial charge is 0.261 e. The highest BCUT2D eigenvalue weighted by molar-refractivity contribution is 6.21. The van der Waals surface area contributed by atoms with Gasteiger partial charge in [-0.3, -0.25) is 23.9 Å². The van der Waals surface area contributed by atoms with Crippen LogP contribution >= 0.6 is 0 Å². The number of benzene rings is 2. The predicted octanol–water partition coefficient (Wildman–Crippen LogP) is 0.108. The fourth-order valence-electron chi connectivity index (χ4n) is 4.27. The summed E-state index contributed by atoms with van der Waals surface area (Å²) < 4.78 is 7.04. The van der Waals surface area contributed by atoms with Crippen LogP contribution in [0.4, 0.5) is 0 Å². The summed E-state index contributed by atoms with van der Waals surface area (Å²) >= 11 is 0. The molecule has 0 atom stereocenters. The van der Waals surface area contributed by atoms with E-state index in [4.69, 9.17) is 4.74 Å². The minimum Gasteiger partial charge on any atom is -0.370 e. The molecule has 8 heteroatoms. The van der Waals surface area contributed by atoms with Crippen molar-refractivity contribution in [3.05, 3.63) is 75.8 Å². The molecule has 1 fully saturated rings. The maximum atomic E-state index is 13.3. The number of imide groups is 1. The van der Waals surface area contributed by atoms with E-state index in [0.29, 0.717) is 47.6 Å². The van der Waals surface area contributed by atoms with Gasteiger partial charge in [0.25, 0.3) is 17.4 Å². The molecule has 158 valence electrons. The second kappa shape index (κ2) is 8.05. The topological polar surface area (TPSA) is 85.9 Å². The van der Waals surface area contributed by atoms with Gasteiger partial charge in [-0.05, 0) is 24.3 Å². The third-order valence-corrected chi connectivity index (χ3v) is 6.01. The van der Waals surface area contributed by atoms with Gasteiger partial charge in [-0.1, -0.05) is 24.3 Å². The Kier molecular flexibility index (Phi) is 5.09. The first-order chi connectivity index (χ1) is 15.1. The Labute approximate surface area is 178 Å². The molecule has 0 unspecified atom stereocenters. The van der Waals surface area contributed by atoms with Crippen LogP contribution in [0, 0.1) is 0 Å². The van der Waals surface area contributed by atoms with Crippen molar-refractivity contribution in [2.24, 2.45) is 0 Å². The third-order valence-electron chi connectivity index (χ3n) is 6.01. The zero-order valence-electron chi connectivity index (χ0n) is 17.0. The first-order valence-electron chi connectivity index (χ1n) is 10.5. The van der Waals surface area contributed by atoms with E-state index in [1.807, 2.05) is 12.1 Å². The van der Waals surface area contributed by atoms with Gasteiger partial charge in [0.05, 0.1) is 54.9 Å². The lowest BCUT2D eigenvalue weighted by molar-refractivity contribution is -0.908. The van der Waals surface area contributed by atoms with Crippen LogP contribution in [0.3, 0.4) is 0 Å².